The Morgan fingerprint density at radius 1 is 1.21 bits per heavy atom. The second kappa shape index (κ2) is 7.11. The number of imide groups is 1. The zero-order chi connectivity index (χ0) is 14.4. The van der Waals surface area contributed by atoms with Crippen LogP contribution in [0.15, 0.2) is 24.3 Å². The van der Waals surface area contributed by atoms with Crippen LogP contribution in [0.1, 0.15) is 25.5 Å². The van der Waals surface area contributed by atoms with Crippen LogP contribution in [-0.4, -0.2) is 25.0 Å². The lowest BCUT2D eigenvalue weighted by atomic mass is 10.1. The summed E-state index contributed by atoms with van der Waals surface area (Å²) in [7, 11) is 1.47. The number of benzene rings is 1. The van der Waals surface area contributed by atoms with Crippen molar-refractivity contribution in [2.75, 3.05) is 7.05 Å². The zero-order valence-corrected chi connectivity index (χ0v) is 12.0. The second-order valence-corrected chi connectivity index (χ2v) is 4.83. The maximum Gasteiger partial charge on any atom is 0.321 e. The van der Waals surface area contributed by atoms with Crippen LogP contribution in [0.4, 0.5) is 4.79 Å². The van der Waals surface area contributed by atoms with E-state index in [4.69, 9.17) is 11.6 Å². The van der Waals surface area contributed by atoms with Crippen LogP contribution in [0.3, 0.4) is 0 Å². The third-order valence-electron chi connectivity index (χ3n) is 2.85. The fraction of sp³-hybridized carbons (Fsp3) is 0.385. The first kappa shape index (κ1) is 15.5. The Labute approximate surface area is 117 Å². The van der Waals surface area contributed by atoms with Crippen LogP contribution in [0.5, 0.6) is 0 Å². The summed E-state index contributed by atoms with van der Waals surface area (Å²) in [5, 5.41) is 7.17. The van der Waals surface area contributed by atoms with E-state index in [2.05, 4.69) is 10.6 Å². The van der Waals surface area contributed by atoms with Crippen molar-refractivity contribution in [1.29, 1.82) is 0 Å². The van der Waals surface area contributed by atoms with Crippen molar-refractivity contribution in [1.82, 2.24) is 10.6 Å². The molecule has 0 radical (unpaired) electrons. The monoisotopic (exact) mass is 284 g/mol. The Bertz CT molecular complexity index is 448. The minimum Gasteiger partial charge on any atom is -0.341 e. The molecular weight excluding hydrogens is 266 g/mol. The summed E-state index contributed by atoms with van der Waals surface area (Å²) >= 11 is 5.83. The zero-order valence-electron chi connectivity index (χ0n) is 11.2. The van der Waals surface area contributed by atoms with E-state index in [1.54, 1.807) is 6.92 Å². The Morgan fingerprint density at radius 3 is 2.32 bits per heavy atom. The van der Waals surface area contributed by atoms with E-state index >= 15 is 0 Å². The predicted octanol–water partition coefficient (Wildman–Crippen LogP) is 0.808. The summed E-state index contributed by atoms with van der Waals surface area (Å²) in [6.45, 7) is 3.75. The highest BCUT2D eigenvalue weighted by atomic mass is 35.5. The van der Waals surface area contributed by atoms with E-state index in [-0.39, 0.29) is 18.0 Å². The molecule has 2 atom stereocenters. The molecular formula is C13H19ClN3O2+. The average Bonchev–Trinajstić information content (AvgIpc) is 2.38. The molecule has 1 rings (SSSR count). The number of hydrogen-bond donors (Lipinski definition) is 3. The number of carbonyl (C=O) groups excluding carboxylic acids is 2. The average molecular weight is 285 g/mol. The molecule has 0 bridgehead atoms. The minimum absolute atomic E-state index is 0.0997. The molecule has 4 N–H and O–H groups in total. The van der Waals surface area contributed by atoms with Gasteiger partial charge >= 0.3 is 6.03 Å². The van der Waals surface area contributed by atoms with Gasteiger partial charge in [0, 0.05) is 17.6 Å². The van der Waals surface area contributed by atoms with Crippen molar-refractivity contribution in [2.45, 2.75) is 25.9 Å². The van der Waals surface area contributed by atoms with Crippen LogP contribution in [0.2, 0.25) is 5.02 Å². The van der Waals surface area contributed by atoms with Gasteiger partial charge in [0.25, 0.3) is 5.91 Å². The van der Waals surface area contributed by atoms with Gasteiger partial charge in [0.2, 0.25) is 0 Å². The number of quaternary nitrogens is 1. The van der Waals surface area contributed by atoms with E-state index in [0.29, 0.717) is 5.02 Å². The van der Waals surface area contributed by atoms with Gasteiger partial charge in [-0.25, -0.2) is 4.79 Å². The molecule has 0 saturated heterocycles. The van der Waals surface area contributed by atoms with Crippen LogP contribution < -0.4 is 16.0 Å². The highest BCUT2D eigenvalue weighted by Crippen LogP contribution is 2.13. The van der Waals surface area contributed by atoms with Crippen molar-refractivity contribution in [2.24, 2.45) is 0 Å². The molecule has 0 spiro atoms. The largest absolute Gasteiger partial charge is 0.341 e. The highest BCUT2D eigenvalue weighted by molar-refractivity contribution is 6.30. The lowest BCUT2D eigenvalue weighted by molar-refractivity contribution is -0.710. The number of rotatable bonds is 4. The molecule has 0 heterocycles. The van der Waals surface area contributed by atoms with Gasteiger partial charge in [0.1, 0.15) is 6.04 Å². The molecule has 0 aromatic heterocycles. The second-order valence-electron chi connectivity index (χ2n) is 4.39. The van der Waals surface area contributed by atoms with Crippen molar-refractivity contribution in [3.05, 3.63) is 34.9 Å². The lowest BCUT2D eigenvalue weighted by Crippen LogP contribution is -2.92. The number of halogens is 1. The smallest absolute Gasteiger partial charge is 0.321 e. The maximum atomic E-state index is 11.7. The van der Waals surface area contributed by atoms with Gasteiger partial charge in [-0.15, -0.1) is 0 Å². The minimum atomic E-state index is -0.496. The quantitative estimate of drug-likeness (QED) is 0.765. The fourth-order valence-corrected chi connectivity index (χ4v) is 1.81. The lowest BCUT2D eigenvalue weighted by Gasteiger charge is -2.16. The fourth-order valence-electron chi connectivity index (χ4n) is 1.69. The Morgan fingerprint density at radius 2 is 1.79 bits per heavy atom. The molecule has 0 fully saturated rings. The molecule has 3 amide bonds. The summed E-state index contributed by atoms with van der Waals surface area (Å²) in [4.78, 5) is 22.8. The predicted molar refractivity (Wildman–Crippen MR) is 73.9 cm³/mol. The van der Waals surface area contributed by atoms with E-state index in [9.17, 15) is 9.59 Å². The number of amides is 3. The molecule has 0 aliphatic heterocycles. The molecule has 1 aromatic carbocycles. The number of hydrogen-bond acceptors (Lipinski definition) is 2. The van der Waals surface area contributed by atoms with Gasteiger partial charge < -0.3 is 10.6 Å². The Hall–Kier alpha value is -1.59. The number of nitrogens with two attached hydrogens (primary N) is 1. The van der Waals surface area contributed by atoms with Crippen molar-refractivity contribution in [3.63, 3.8) is 0 Å². The number of nitrogens with one attached hydrogen (secondary N) is 2. The van der Waals surface area contributed by atoms with Crippen molar-refractivity contribution >= 4 is 23.5 Å². The first-order valence-electron chi connectivity index (χ1n) is 6.07. The van der Waals surface area contributed by atoms with Gasteiger partial charge in [-0.2, -0.15) is 0 Å². The SMILES string of the molecule is CNC(=O)NC(=O)[C@@H](C)[NH2+][C@@H](C)c1ccc(Cl)cc1. The molecule has 0 aliphatic rings. The molecule has 6 heteroatoms. The van der Waals surface area contributed by atoms with E-state index in [1.807, 2.05) is 36.5 Å². The third kappa shape index (κ3) is 4.89. The van der Waals surface area contributed by atoms with Crippen LogP contribution >= 0.6 is 11.6 Å². The summed E-state index contributed by atoms with van der Waals surface area (Å²) < 4.78 is 0. The van der Waals surface area contributed by atoms with E-state index < -0.39 is 6.03 Å². The highest BCUT2D eigenvalue weighted by Gasteiger charge is 2.21. The topological polar surface area (TPSA) is 74.8 Å². The van der Waals surface area contributed by atoms with Crippen molar-refractivity contribution in [3.8, 4) is 0 Å². The Kier molecular flexibility index (Phi) is 5.79. The normalized spacial score (nSPS) is 13.5. The molecule has 0 aliphatic carbocycles. The van der Waals surface area contributed by atoms with Gasteiger partial charge in [0.15, 0.2) is 6.04 Å². The molecule has 0 unspecified atom stereocenters. The third-order valence-corrected chi connectivity index (χ3v) is 3.10. The van der Waals surface area contributed by atoms with Gasteiger partial charge in [-0.1, -0.05) is 23.7 Å². The number of carbonyl (C=O) groups is 2. The molecule has 104 valence electrons. The Balaban J connectivity index is 2.56. The summed E-state index contributed by atoms with van der Waals surface area (Å²) in [6, 6.07) is 6.72. The maximum absolute atomic E-state index is 11.7. The molecule has 5 nitrogen and oxygen atoms in total. The van der Waals surface area contributed by atoms with Gasteiger partial charge in [-0.05, 0) is 26.0 Å². The first-order chi connectivity index (χ1) is 8.93. The van der Waals surface area contributed by atoms with E-state index in [1.165, 1.54) is 7.05 Å². The van der Waals surface area contributed by atoms with Crippen molar-refractivity contribution < 1.29 is 14.9 Å². The van der Waals surface area contributed by atoms with E-state index in [0.717, 1.165) is 5.56 Å². The van der Waals surface area contributed by atoms with Gasteiger partial charge in [0.05, 0.1) is 0 Å². The summed E-state index contributed by atoms with van der Waals surface area (Å²) in [5.41, 5.74) is 1.07. The van der Waals surface area contributed by atoms with Gasteiger partial charge in [-0.3, -0.25) is 10.1 Å². The molecule has 0 saturated carbocycles. The standard InChI is InChI=1S/C13H18ClN3O2/c1-8(10-4-6-11(14)7-5-10)16-9(2)12(18)17-13(19)15-3/h4-9,16H,1-3H3,(H2,15,17,18,19)/p+1/t8-,9+/m0/s1. The van der Waals surface area contributed by atoms with Crippen LogP contribution in [-0.2, 0) is 4.79 Å². The first-order valence-corrected chi connectivity index (χ1v) is 6.45. The summed E-state index contributed by atoms with van der Waals surface area (Å²) in [6.07, 6.45) is 0. The molecule has 1 aromatic rings. The number of urea groups is 1. The van der Waals surface area contributed by atoms with Crippen LogP contribution in [0, 0.1) is 0 Å². The summed E-state index contributed by atoms with van der Waals surface area (Å²) in [5.74, 6) is -0.319. The molecule has 19 heavy (non-hydrogen) atoms. The van der Waals surface area contributed by atoms with Crippen LogP contribution in [0.25, 0.3) is 0 Å².